The fourth-order valence-electron chi connectivity index (χ4n) is 2.40. The molecule has 0 fully saturated rings. The van der Waals surface area contributed by atoms with Crippen molar-refractivity contribution in [1.29, 1.82) is 0 Å². The number of rotatable bonds is 5. The second kappa shape index (κ2) is 7.04. The van der Waals surface area contributed by atoms with Crippen LogP contribution in [0.15, 0.2) is 65.8 Å². The number of nitrogens with one attached hydrogen (secondary N) is 1. The summed E-state index contributed by atoms with van der Waals surface area (Å²) in [5.41, 5.74) is 2.07. The Morgan fingerprint density at radius 3 is 2.75 bits per heavy atom. The van der Waals surface area contributed by atoms with Crippen LogP contribution in [0.3, 0.4) is 0 Å². The molecule has 124 valence electrons. The molecule has 2 heterocycles. The third-order valence-corrected chi connectivity index (χ3v) is 4.04. The predicted octanol–water partition coefficient (Wildman–Crippen LogP) is 3.37. The number of amides is 2. The first kappa shape index (κ1) is 15.9. The molecule has 6 nitrogen and oxygen atoms in total. The minimum absolute atomic E-state index is 0.122. The minimum atomic E-state index is -0.141. The molecule has 3 aromatic rings. The van der Waals surface area contributed by atoms with Crippen LogP contribution in [0, 0.1) is 0 Å². The van der Waals surface area contributed by atoms with Crippen molar-refractivity contribution in [2.45, 2.75) is 19.5 Å². The molecule has 0 saturated carbocycles. The molecule has 0 aliphatic rings. The SMILES string of the molecule is CC(c1ccco1)N(C)C(=O)NCc1ccc(-n2ccnc2)cc1. The molecule has 1 unspecified atom stereocenters. The van der Waals surface area contributed by atoms with Gasteiger partial charge in [0.25, 0.3) is 0 Å². The van der Waals surface area contributed by atoms with Crippen molar-refractivity contribution in [2.75, 3.05) is 7.05 Å². The molecule has 0 saturated heterocycles. The lowest BCUT2D eigenvalue weighted by molar-refractivity contribution is 0.187. The number of benzene rings is 1. The Hall–Kier alpha value is -3.02. The summed E-state index contributed by atoms with van der Waals surface area (Å²) >= 11 is 0. The Kier molecular flexibility index (Phi) is 4.65. The Bertz CT molecular complexity index is 764. The molecule has 0 aliphatic heterocycles. The van der Waals surface area contributed by atoms with Gasteiger partial charge in [-0.15, -0.1) is 0 Å². The van der Waals surface area contributed by atoms with E-state index in [9.17, 15) is 4.79 Å². The number of imidazole rings is 1. The summed E-state index contributed by atoms with van der Waals surface area (Å²) < 4.78 is 7.28. The monoisotopic (exact) mass is 324 g/mol. The maximum atomic E-state index is 12.3. The fraction of sp³-hybridized carbons (Fsp3) is 0.222. The molecule has 1 N–H and O–H groups in total. The largest absolute Gasteiger partial charge is 0.467 e. The fourth-order valence-corrected chi connectivity index (χ4v) is 2.40. The number of hydrogen-bond acceptors (Lipinski definition) is 3. The van der Waals surface area contributed by atoms with Gasteiger partial charge < -0.3 is 19.2 Å². The molecule has 1 atom stereocenters. The first-order chi connectivity index (χ1) is 11.6. The van der Waals surface area contributed by atoms with E-state index in [2.05, 4.69) is 10.3 Å². The van der Waals surface area contributed by atoms with E-state index in [1.165, 1.54) is 0 Å². The summed E-state index contributed by atoms with van der Waals surface area (Å²) in [6, 6.07) is 11.4. The van der Waals surface area contributed by atoms with E-state index < -0.39 is 0 Å². The van der Waals surface area contributed by atoms with Crippen LogP contribution in [0.5, 0.6) is 0 Å². The van der Waals surface area contributed by atoms with Gasteiger partial charge in [0.15, 0.2) is 0 Å². The molecule has 6 heteroatoms. The van der Waals surface area contributed by atoms with E-state index in [0.29, 0.717) is 6.54 Å². The summed E-state index contributed by atoms with van der Waals surface area (Å²) in [4.78, 5) is 17.9. The van der Waals surface area contributed by atoms with E-state index in [1.54, 1.807) is 30.7 Å². The van der Waals surface area contributed by atoms with Crippen molar-refractivity contribution in [1.82, 2.24) is 19.8 Å². The van der Waals surface area contributed by atoms with Crippen LogP contribution in [0.4, 0.5) is 4.79 Å². The smallest absolute Gasteiger partial charge is 0.318 e. The van der Waals surface area contributed by atoms with Gasteiger partial charge in [-0.25, -0.2) is 9.78 Å². The van der Waals surface area contributed by atoms with Gasteiger partial charge >= 0.3 is 6.03 Å². The Morgan fingerprint density at radius 2 is 2.12 bits per heavy atom. The third-order valence-electron chi connectivity index (χ3n) is 4.04. The topological polar surface area (TPSA) is 63.3 Å². The molecule has 0 spiro atoms. The maximum Gasteiger partial charge on any atom is 0.318 e. The number of aromatic nitrogens is 2. The predicted molar refractivity (Wildman–Crippen MR) is 90.7 cm³/mol. The highest BCUT2D eigenvalue weighted by molar-refractivity contribution is 5.74. The van der Waals surface area contributed by atoms with Gasteiger partial charge in [0.1, 0.15) is 5.76 Å². The Morgan fingerprint density at radius 1 is 1.33 bits per heavy atom. The van der Waals surface area contributed by atoms with E-state index in [4.69, 9.17) is 4.42 Å². The number of carbonyl (C=O) groups is 1. The number of nitrogens with zero attached hydrogens (tertiary/aromatic N) is 3. The normalized spacial score (nSPS) is 11.9. The molecule has 0 aliphatic carbocycles. The first-order valence-corrected chi connectivity index (χ1v) is 7.76. The van der Waals surface area contributed by atoms with Crippen molar-refractivity contribution in [3.8, 4) is 5.69 Å². The van der Waals surface area contributed by atoms with Crippen molar-refractivity contribution in [3.05, 3.63) is 72.7 Å². The highest BCUT2D eigenvalue weighted by Gasteiger charge is 2.18. The van der Waals surface area contributed by atoms with Crippen LogP contribution in [-0.2, 0) is 6.54 Å². The average Bonchev–Trinajstić information content (AvgIpc) is 3.32. The molecule has 0 bridgehead atoms. The summed E-state index contributed by atoms with van der Waals surface area (Å²) in [6.45, 7) is 2.40. The second-order valence-corrected chi connectivity index (χ2v) is 5.60. The average molecular weight is 324 g/mol. The highest BCUT2D eigenvalue weighted by atomic mass is 16.3. The van der Waals surface area contributed by atoms with Crippen LogP contribution in [0.1, 0.15) is 24.3 Å². The minimum Gasteiger partial charge on any atom is -0.467 e. The van der Waals surface area contributed by atoms with E-state index in [0.717, 1.165) is 17.0 Å². The molecule has 2 amide bonds. The number of urea groups is 1. The van der Waals surface area contributed by atoms with Crippen molar-refractivity contribution >= 4 is 6.03 Å². The summed E-state index contributed by atoms with van der Waals surface area (Å²) in [5, 5.41) is 2.92. The van der Waals surface area contributed by atoms with Crippen LogP contribution >= 0.6 is 0 Å². The lowest BCUT2D eigenvalue weighted by atomic mass is 10.2. The number of carbonyl (C=O) groups excluding carboxylic acids is 1. The standard InChI is InChI=1S/C18H20N4O2/c1-14(17-4-3-11-24-17)21(2)18(23)20-12-15-5-7-16(8-6-15)22-10-9-19-13-22/h3-11,13-14H,12H2,1-2H3,(H,20,23). The second-order valence-electron chi connectivity index (χ2n) is 5.60. The highest BCUT2D eigenvalue weighted by Crippen LogP contribution is 2.18. The molecule has 24 heavy (non-hydrogen) atoms. The Labute approximate surface area is 140 Å². The molecular weight excluding hydrogens is 304 g/mol. The summed E-state index contributed by atoms with van der Waals surface area (Å²) in [7, 11) is 1.75. The van der Waals surface area contributed by atoms with Gasteiger partial charge in [-0.1, -0.05) is 12.1 Å². The van der Waals surface area contributed by atoms with Crippen molar-refractivity contribution < 1.29 is 9.21 Å². The quantitative estimate of drug-likeness (QED) is 0.782. The van der Waals surface area contributed by atoms with Gasteiger partial charge in [-0.3, -0.25) is 0 Å². The lowest BCUT2D eigenvalue weighted by Gasteiger charge is -2.23. The van der Waals surface area contributed by atoms with Gasteiger partial charge in [-0.05, 0) is 36.8 Å². The molecule has 2 aromatic heterocycles. The zero-order valence-corrected chi connectivity index (χ0v) is 13.7. The van der Waals surface area contributed by atoms with Gasteiger partial charge in [0.2, 0.25) is 0 Å². The zero-order valence-electron chi connectivity index (χ0n) is 13.7. The molecular formula is C18H20N4O2. The third kappa shape index (κ3) is 3.48. The van der Waals surface area contributed by atoms with E-state index in [1.807, 2.05) is 54.1 Å². The van der Waals surface area contributed by atoms with Gasteiger partial charge in [0, 0.05) is 31.7 Å². The maximum absolute atomic E-state index is 12.3. The van der Waals surface area contributed by atoms with Gasteiger partial charge in [0.05, 0.1) is 18.6 Å². The van der Waals surface area contributed by atoms with Crippen molar-refractivity contribution in [3.63, 3.8) is 0 Å². The molecule has 0 radical (unpaired) electrons. The zero-order chi connectivity index (χ0) is 16.9. The lowest BCUT2D eigenvalue weighted by Crippen LogP contribution is -2.38. The Balaban J connectivity index is 1.56. The van der Waals surface area contributed by atoms with Crippen LogP contribution in [0.25, 0.3) is 5.69 Å². The van der Waals surface area contributed by atoms with E-state index in [-0.39, 0.29) is 12.1 Å². The van der Waals surface area contributed by atoms with E-state index >= 15 is 0 Å². The number of furan rings is 1. The van der Waals surface area contributed by atoms with Crippen LogP contribution in [0.2, 0.25) is 0 Å². The van der Waals surface area contributed by atoms with Crippen molar-refractivity contribution in [2.24, 2.45) is 0 Å². The van der Waals surface area contributed by atoms with Gasteiger partial charge in [-0.2, -0.15) is 0 Å². The number of hydrogen-bond donors (Lipinski definition) is 1. The van der Waals surface area contributed by atoms with Crippen LogP contribution < -0.4 is 5.32 Å². The molecule has 3 rings (SSSR count). The molecule has 1 aromatic carbocycles. The summed E-state index contributed by atoms with van der Waals surface area (Å²) in [5.74, 6) is 0.761. The summed E-state index contributed by atoms with van der Waals surface area (Å²) in [6.07, 6.45) is 6.99. The first-order valence-electron chi connectivity index (χ1n) is 7.76. The van der Waals surface area contributed by atoms with Crippen LogP contribution in [-0.4, -0.2) is 27.5 Å².